The summed E-state index contributed by atoms with van der Waals surface area (Å²) in [5.74, 6) is -0.409. The van der Waals surface area contributed by atoms with E-state index in [-0.39, 0.29) is 18.4 Å². The van der Waals surface area contributed by atoms with Gasteiger partial charge < -0.3 is 0 Å². The number of hydrogen-bond donors (Lipinski definition) is 0. The molecule has 0 bridgehead atoms. The van der Waals surface area contributed by atoms with E-state index in [1.165, 1.54) is 5.01 Å². The van der Waals surface area contributed by atoms with Crippen LogP contribution in [-0.4, -0.2) is 23.5 Å². The highest BCUT2D eigenvalue weighted by Gasteiger charge is 2.34. The number of carbonyl (C=O) groups excluding carboxylic acids is 2. The Morgan fingerprint density at radius 1 is 1.06 bits per heavy atom. The van der Waals surface area contributed by atoms with Gasteiger partial charge >= 0.3 is 0 Å². The molecule has 2 aliphatic rings. The molecule has 2 amide bonds. The van der Waals surface area contributed by atoms with Crippen LogP contribution in [0.3, 0.4) is 0 Å². The van der Waals surface area contributed by atoms with Crippen molar-refractivity contribution in [3.8, 4) is 0 Å². The van der Waals surface area contributed by atoms with Crippen molar-refractivity contribution in [3.63, 3.8) is 0 Å². The molecule has 6 heteroatoms. The van der Waals surface area contributed by atoms with Gasteiger partial charge in [0.25, 0.3) is 5.91 Å². The van der Waals surface area contributed by atoms with E-state index in [2.05, 4.69) is 10.3 Å². The van der Waals surface area contributed by atoms with E-state index < -0.39 is 0 Å². The van der Waals surface area contributed by atoms with Gasteiger partial charge in [0.1, 0.15) is 6.54 Å². The fraction of sp³-hybridized carbons (Fsp3) is 0.273. The van der Waals surface area contributed by atoms with Gasteiger partial charge in [-0.1, -0.05) is 18.2 Å². The second-order valence-corrected chi connectivity index (χ2v) is 3.91. The van der Waals surface area contributed by atoms with E-state index in [0.717, 1.165) is 16.4 Å². The van der Waals surface area contributed by atoms with Crippen LogP contribution in [0.2, 0.25) is 0 Å². The van der Waals surface area contributed by atoms with Crippen LogP contribution in [0.5, 0.6) is 0 Å². The largest absolute Gasteiger partial charge is 0.288 e. The van der Waals surface area contributed by atoms with Crippen molar-refractivity contribution in [1.29, 1.82) is 0 Å². The highest BCUT2D eigenvalue weighted by molar-refractivity contribution is 5.99. The van der Waals surface area contributed by atoms with Crippen LogP contribution in [0.4, 0.5) is 5.69 Å². The van der Waals surface area contributed by atoms with Crippen LogP contribution in [0, 0.1) is 0 Å². The van der Waals surface area contributed by atoms with Gasteiger partial charge in [0.2, 0.25) is 5.91 Å². The molecule has 1 aromatic carbocycles. The zero-order chi connectivity index (χ0) is 11.8. The zero-order valence-electron chi connectivity index (χ0n) is 9.04. The summed E-state index contributed by atoms with van der Waals surface area (Å²) < 4.78 is 0. The number of fused-ring (bicyclic) bond motifs is 1. The van der Waals surface area contributed by atoms with E-state index in [0.29, 0.717) is 12.8 Å². The lowest BCUT2D eigenvalue weighted by molar-refractivity contribution is -0.134. The van der Waals surface area contributed by atoms with E-state index in [1.807, 2.05) is 24.3 Å². The van der Waals surface area contributed by atoms with Crippen LogP contribution >= 0.6 is 0 Å². The Balaban J connectivity index is 2.06. The Labute approximate surface area is 97.5 Å². The Bertz CT molecular complexity index is 526. The lowest BCUT2D eigenvalue weighted by atomic mass is 10.0. The molecule has 0 unspecified atom stereocenters. The lowest BCUT2D eigenvalue weighted by Gasteiger charge is -2.32. The maximum atomic E-state index is 11.9. The van der Waals surface area contributed by atoms with Crippen molar-refractivity contribution >= 4 is 17.5 Å². The summed E-state index contributed by atoms with van der Waals surface area (Å²) in [5, 5.41) is 9.71. The molecule has 0 N–H and O–H groups in total. The number of aryl methyl sites for hydroxylation is 1. The average Bonchev–Trinajstić information content (AvgIpc) is 2.75. The number of rotatable bonds is 1. The highest BCUT2D eigenvalue weighted by atomic mass is 16.2. The van der Waals surface area contributed by atoms with Gasteiger partial charge in [-0.2, -0.15) is 10.1 Å². The fourth-order valence-corrected chi connectivity index (χ4v) is 2.04. The third kappa shape index (κ3) is 1.49. The molecule has 0 spiro atoms. The first-order chi connectivity index (χ1) is 8.27. The van der Waals surface area contributed by atoms with Gasteiger partial charge in [0, 0.05) is 6.42 Å². The Morgan fingerprint density at radius 3 is 2.65 bits per heavy atom. The van der Waals surface area contributed by atoms with Crippen molar-refractivity contribution in [3.05, 3.63) is 29.8 Å². The van der Waals surface area contributed by atoms with Crippen molar-refractivity contribution in [1.82, 2.24) is 5.12 Å². The molecule has 2 heterocycles. The molecule has 0 saturated heterocycles. The van der Waals surface area contributed by atoms with Crippen molar-refractivity contribution < 1.29 is 9.59 Å². The van der Waals surface area contributed by atoms with Crippen LogP contribution < -0.4 is 5.01 Å². The molecule has 1 aromatic rings. The predicted molar refractivity (Wildman–Crippen MR) is 58.8 cm³/mol. The predicted octanol–water partition coefficient (Wildman–Crippen LogP) is 1.09. The molecular weight excluding hydrogens is 220 g/mol. The lowest BCUT2D eigenvalue weighted by Crippen LogP contribution is -2.48. The Kier molecular flexibility index (Phi) is 2.14. The standard InChI is InChI=1S/C11H10N4O2/c16-10-6-5-8-3-1-2-4-9(8)14(10)15-11(17)7-12-13-15/h1-4H,5-7H2. The third-order valence-electron chi connectivity index (χ3n) is 2.83. The maximum Gasteiger partial charge on any atom is 0.288 e. The van der Waals surface area contributed by atoms with Crippen molar-refractivity contribution in [2.24, 2.45) is 10.3 Å². The van der Waals surface area contributed by atoms with Crippen LogP contribution in [0.1, 0.15) is 12.0 Å². The molecule has 0 fully saturated rings. The van der Waals surface area contributed by atoms with Crippen molar-refractivity contribution in [2.75, 3.05) is 11.6 Å². The number of anilines is 1. The zero-order valence-corrected chi connectivity index (χ0v) is 9.04. The maximum absolute atomic E-state index is 11.9. The molecule has 3 rings (SSSR count). The second kappa shape index (κ2) is 3.65. The molecule has 2 aliphatic heterocycles. The molecule has 17 heavy (non-hydrogen) atoms. The molecule has 86 valence electrons. The molecule has 0 atom stereocenters. The summed E-state index contributed by atoms with van der Waals surface area (Å²) in [6, 6.07) is 7.52. The van der Waals surface area contributed by atoms with Crippen LogP contribution in [0.15, 0.2) is 34.6 Å². The van der Waals surface area contributed by atoms with Gasteiger partial charge in [-0.25, -0.2) is 0 Å². The number of para-hydroxylation sites is 1. The Hall–Kier alpha value is -2.24. The van der Waals surface area contributed by atoms with Gasteiger partial charge in [-0.3, -0.25) is 9.59 Å². The topological polar surface area (TPSA) is 65.3 Å². The highest BCUT2D eigenvalue weighted by Crippen LogP contribution is 2.29. The molecule has 0 radical (unpaired) electrons. The molecule has 0 aliphatic carbocycles. The third-order valence-corrected chi connectivity index (χ3v) is 2.83. The summed E-state index contributed by atoms with van der Waals surface area (Å²) in [5.41, 5.74) is 1.76. The van der Waals surface area contributed by atoms with E-state index >= 15 is 0 Å². The summed E-state index contributed by atoms with van der Waals surface area (Å²) in [6.07, 6.45) is 1.08. The first kappa shape index (κ1) is 9.95. The molecule has 6 nitrogen and oxygen atoms in total. The van der Waals surface area contributed by atoms with Crippen molar-refractivity contribution in [2.45, 2.75) is 12.8 Å². The van der Waals surface area contributed by atoms with Gasteiger partial charge in [-0.15, -0.1) is 5.12 Å². The van der Waals surface area contributed by atoms with E-state index in [4.69, 9.17) is 0 Å². The summed E-state index contributed by atoms with van der Waals surface area (Å²) >= 11 is 0. The monoisotopic (exact) mass is 230 g/mol. The summed E-state index contributed by atoms with van der Waals surface area (Å²) in [4.78, 5) is 23.5. The number of amides is 2. The normalized spacial score (nSPS) is 18.8. The van der Waals surface area contributed by atoms with Gasteiger partial charge in [0.15, 0.2) is 0 Å². The van der Waals surface area contributed by atoms with E-state index in [9.17, 15) is 9.59 Å². The number of benzene rings is 1. The van der Waals surface area contributed by atoms with Crippen LogP contribution in [0.25, 0.3) is 0 Å². The van der Waals surface area contributed by atoms with Crippen LogP contribution in [-0.2, 0) is 16.0 Å². The Morgan fingerprint density at radius 2 is 1.88 bits per heavy atom. The molecular formula is C11H10N4O2. The first-order valence-electron chi connectivity index (χ1n) is 5.38. The van der Waals surface area contributed by atoms with Gasteiger partial charge in [-0.05, 0) is 23.3 Å². The minimum absolute atomic E-state index is 0.00590. The van der Waals surface area contributed by atoms with E-state index in [1.54, 1.807) is 0 Å². The minimum Gasteiger partial charge on any atom is -0.273 e. The quantitative estimate of drug-likeness (QED) is 0.724. The molecule has 0 saturated carbocycles. The number of hydrazine groups is 1. The smallest absolute Gasteiger partial charge is 0.273 e. The van der Waals surface area contributed by atoms with Gasteiger partial charge in [0.05, 0.1) is 5.69 Å². The summed E-state index contributed by atoms with van der Waals surface area (Å²) in [7, 11) is 0. The second-order valence-electron chi connectivity index (χ2n) is 3.91. The number of carbonyl (C=O) groups is 2. The average molecular weight is 230 g/mol. The number of hydrogen-bond acceptors (Lipinski definition) is 4. The molecule has 0 aromatic heterocycles. The number of nitrogens with zero attached hydrogens (tertiary/aromatic N) is 4. The fourth-order valence-electron chi connectivity index (χ4n) is 2.04. The minimum atomic E-state index is -0.282. The SMILES string of the molecule is O=C1CN=NN1N1C(=O)CCc2ccccc21. The summed E-state index contributed by atoms with van der Waals surface area (Å²) in [6.45, 7) is 0.00590. The first-order valence-corrected chi connectivity index (χ1v) is 5.38.